The second kappa shape index (κ2) is 5.65. The summed E-state index contributed by atoms with van der Waals surface area (Å²) >= 11 is 5.56. The van der Waals surface area contributed by atoms with E-state index in [1.807, 2.05) is 0 Å². The van der Waals surface area contributed by atoms with Crippen LogP contribution >= 0.6 is 11.6 Å². The summed E-state index contributed by atoms with van der Waals surface area (Å²) in [6.45, 7) is 2.13. The summed E-state index contributed by atoms with van der Waals surface area (Å²) in [6, 6.07) is 0.354. The molecule has 14 heavy (non-hydrogen) atoms. The molecule has 0 aromatic carbocycles. The van der Waals surface area contributed by atoms with Crippen molar-refractivity contribution in [3.8, 4) is 6.01 Å². The maximum Gasteiger partial charge on any atom is 0.310 e. The first kappa shape index (κ1) is 11.0. The minimum atomic E-state index is -0.352. The van der Waals surface area contributed by atoms with Gasteiger partial charge in [-0.3, -0.25) is 4.79 Å². The van der Waals surface area contributed by atoms with Gasteiger partial charge in [-0.25, -0.2) is 4.98 Å². The lowest BCUT2D eigenvalue weighted by Crippen LogP contribution is -2.08. The monoisotopic (exact) mass is 216 g/mol. The molecule has 1 heterocycles. The first-order valence-electron chi connectivity index (χ1n) is 4.49. The predicted molar refractivity (Wildman–Crippen MR) is 53.5 cm³/mol. The molecular weight excluding hydrogens is 204 g/mol. The van der Waals surface area contributed by atoms with Gasteiger partial charge in [-0.1, -0.05) is 0 Å². The normalized spacial score (nSPS) is 10.1. The van der Waals surface area contributed by atoms with E-state index in [4.69, 9.17) is 16.3 Å². The lowest BCUT2D eigenvalue weighted by atomic mass is 10.3. The number of aryl methyl sites for hydroxylation is 1. The molecule has 78 valence electrons. The maximum absolute atomic E-state index is 10.7. The van der Waals surface area contributed by atoms with Crippen molar-refractivity contribution in [1.82, 2.24) is 9.55 Å². The van der Waals surface area contributed by atoms with E-state index in [1.165, 1.54) is 6.92 Å². The molecule has 0 aliphatic heterocycles. The Morgan fingerprint density at radius 2 is 2.43 bits per heavy atom. The second-order valence-corrected chi connectivity index (χ2v) is 3.27. The molecular formula is C9H13ClN2O2. The lowest BCUT2D eigenvalue weighted by Gasteiger charge is -2.05. The summed E-state index contributed by atoms with van der Waals surface area (Å²) in [4.78, 5) is 14.6. The molecule has 0 saturated carbocycles. The first-order valence-corrected chi connectivity index (χ1v) is 5.03. The third-order valence-electron chi connectivity index (χ3n) is 1.69. The minimum absolute atomic E-state index is 0.352. The van der Waals surface area contributed by atoms with E-state index < -0.39 is 0 Å². The molecule has 0 saturated heterocycles. The van der Waals surface area contributed by atoms with E-state index in [9.17, 15) is 4.79 Å². The van der Waals surface area contributed by atoms with Crippen LogP contribution in [-0.4, -0.2) is 21.4 Å². The number of unbranched alkanes of at least 4 members (excludes halogenated alkanes) is 1. The van der Waals surface area contributed by atoms with Crippen LogP contribution < -0.4 is 4.74 Å². The molecule has 0 amide bonds. The van der Waals surface area contributed by atoms with Crippen molar-refractivity contribution < 1.29 is 9.53 Å². The van der Waals surface area contributed by atoms with Gasteiger partial charge in [0.25, 0.3) is 0 Å². The van der Waals surface area contributed by atoms with Crippen LogP contribution in [0.3, 0.4) is 0 Å². The van der Waals surface area contributed by atoms with Crippen LogP contribution in [0, 0.1) is 0 Å². The fourth-order valence-corrected chi connectivity index (χ4v) is 1.26. The minimum Gasteiger partial charge on any atom is -0.392 e. The van der Waals surface area contributed by atoms with Crippen LogP contribution in [0.4, 0.5) is 0 Å². The molecule has 0 spiro atoms. The van der Waals surface area contributed by atoms with Crippen LogP contribution in [0.1, 0.15) is 19.8 Å². The van der Waals surface area contributed by atoms with E-state index in [0.717, 1.165) is 19.4 Å². The number of halogens is 1. The molecule has 0 aliphatic carbocycles. The number of carbonyl (C=O) groups excluding carboxylic acids is 1. The van der Waals surface area contributed by atoms with Gasteiger partial charge in [0.2, 0.25) is 0 Å². The molecule has 0 radical (unpaired) electrons. The van der Waals surface area contributed by atoms with Crippen LogP contribution in [0.2, 0.25) is 0 Å². The molecule has 1 rings (SSSR count). The number of nitrogens with zero attached hydrogens (tertiary/aromatic N) is 2. The molecule has 5 heteroatoms. The van der Waals surface area contributed by atoms with Gasteiger partial charge < -0.3 is 9.30 Å². The number of imidazole rings is 1. The van der Waals surface area contributed by atoms with Crippen LogP contribution in [-0.2, 0) is 11.3 Å². The van der Waals surface area contributed by atoms with Gasteiger partial charge in [-0.2, -0.15) is 0 Å². The topological polar surface area (TPSA) is 44.1 Å². The highest BCUT2D eigenvalue weighted by molar-refractivity contribution is 6.17. The number of aromatic nitrogens is 2. The summed E-state index contributed by atoms with van der Waals surface area (Å²) in [5, 5.41) is 0. The Bertz CT molecular complexity index is 299. The van der Waals surface area contributed by atoms with Crippen LogP contribution in [0.15, 0.2) is 12.4 Å². The highest BCUT2D eigenvalue weighted by atomic mass is 35.5. The number of hydrogen-bond donors (Lipinski definition) is 0. The first-order chi connectivity index (χ1) is 6.74. The molecule has 1 aromatic rings. The average molecular weight is 217 g/mol. The van der Waals surface area contributed by atoms with Gasteiger partial charge in [-0.05, 0) is 12.8 Å². The zero-order valence-electron chi connectivity index (χ0n) is 8.07. The van der Waals surface area contributed by atoms with Crippen LogP contribution in [0.5, 0.6) is 6.01 Å². The number of rotatable bonds is 5. The SMILES string of the molecule is CC(=O)Oc1nccn1CCCCCl. The highest BCUT2D eigenvalue weighted by Crippen LogP contribution is 2.09. The molecule has 0 unspecified atom stereocenters. The number of hydrogen-bond acceptors (Lipinski definition) is 3. The second-order valence-electron chi connectivity index (χ2n) is 2.89. The Labute approximate surface area is 87.8 Å². The Morgan fingerprint density at radius 1 is 1.64 bits per heavy atom. The Kier molecular flexibility index (Phi) is 4.46. The zero-order valence-corrected chi connectivity index (χ0v) is 8.83. The van der Waals surface area contributed by atoms with Gasteiger partial charge in [-0.15, -0.1) is 11.6 Å². The molecule has 0 atom stereocenters. The molecule has 1 aromatic heterocycles. The summed E-state index contributed by atoms with van der Waals surface area (Å²) in [6.07, 6.45) is 5.29. The standard InChI is InChI=1S/C9H13ClN2O2/c1-8(13)14-9-11-5-7-12(9)6-3-2-4-10/h5,7H,2-4,6H2,1H3. The van der Waals surface area contributed by atoms with Gasteiger partial charge in [0, 0.05) is 31.7 Å². The van der Waals surface area contributed by atoms with E-state index >= 15 is 0 Å². The Hall–Kier alpha value is -1.03. The van der Waals surface area contributed by atoms with Gasteiger partial charge in [0.1, 0.15) is 0 Å². The van der Waals surface area contributed by atoms with Crippen molar-refractivity contribution in [2.24, 2.45) is 0 Å². The largest absolute Gasteiger partial charge is 0.392 e. The van der Waals surface area contributed by atoms with Gasteiger partial charge >= 0.3 is 12.0 Å². The summed E-state index contributed by atoms with van der Waals surface area (Å²) in [5.41, 5.74) is 0. The van der Waals surface area contributed by atoms with Crippen molar-refractivity contribution in [2.75, 3.05) is 5.88 Å². The Balaban J connectivity index is 2.49. The maximum atomic E-state index is 10.7. The van der Waals surface area contributed by atoms with Crippen molar-refractivity contribution >= 4 is 17.6 Å². The third-order valence-corrected chi connectivity index (χ3v) is 1.96. The number of carbonyl (C=O) groups is 1. The van der Waals surface area contributed by atoms with Crippen LogP contribution in [0.25, 0.3) is 0 Å². The summed E-state index contributed by atoms with van der Waals surface area (Å²) in [7, 11) is 0. The van der Waals surface area contributed by atoms with E-state index in [0.29, 0.717) is 11.9 Å². The molecule has 4 nitrogen and oxygen atoms in total. The molecule has 0 N–H and O–H groups in total. The average Bonchev–Trinajstić information content (AvgIpc) is 2.52. The van der Waals surface area contributed by atoms with E-state index in [2.05, 4.69) is 4.98 Å². The Morgan fingerprint density at radius 3 is 3.07 bits per heavy atom. The van der Waals surface area contributed by atoms with Crippen molar-refractivity contribution in [3.63, 3.8) is 0 Å². The fourth-order valence-electron chi connectivity index (χ4n) is 1.08. The number of alkyl halides is 1. The number of ether oxygens (including phenoxy) is 1. The summed E-state index contributed by atoms with van der Waals surface area (Å²) < 4.78 is 6.70. The molecule has 0 aliphatic rings. The highest BCUT2D eigenvalue weighted by Gasteiger charge is 2.05. The van der Waals surface area contributed by atoms with Gasteiger partial charge in [0.05, 0.1) is 0 Å². The van der Waals surface area contributed by atoms with E-state index in [1.54, 1.807) is 17.0 Å². The van der Waals surface area contributed by atoms with Crippen molar-refractivity contribution in [2.45, 2.75) is 26.3 Å². The predicted octanol–water partition coefficient (Wildman–Crippen LogP) is 1.83. The fraction of sp³-hybridized carbons (Fsp3) is 0.556. The quantitative estimate of drug-likeness (QED) is 0.429. The summed E-state index contributed by atoms with van der Waals surface area (Å²) in [5.74, 6) is 0.298. The molecule has 0 bridgehead atoms. The third kappa shape index (κ3) is 3.38. The molecule has 0 fully saturated rings. The van der Waals surface area contributed by atoms with Crippen molar-refractivity contribution in [1.29, 1.82) is 0 Å². The van der Waals surface area contributed by atoms with E-state index in [-0.39, 0.29) is 5.97 Å². The lowest BCUT2D eigenvalue weighted by molar-refractivity contribution is -0.132. The smallest absolute Gasteiger partial charge is 0.310 e. The van der Waals surface area contributed by atoms with Gasteiger partial charge in [0.15, 0.2) is 0 Å². The zero-order chi connectivity index (χ0) is 10.4. The van der Waals surface area contributed by atoms with Crippen molar-refractivity contribution in [3.05, 3.63) is 12.4 Å². The number of esters is 1.